The average Bonchev–Trinajstić information content (AvgIpc) is 2.63. The second-order valence-corrected chi connectivity index (χ2v) is 7.05. The first-order chi connectivity index (χ1) is 12.3. The van der Waals surface area contributed by atoms with E-state index in [9.17, 15) is 0 Å². The fraction of sp³-hybridized carbons (Fsp3) is 0.750. The largest absolute Gasteiger partial charge is 0.302 e. The second kappa shape index (κ2) is 21.2. The lowest BCUT2D eigenvalue weighted by molar-refractivity contribution is 0.289. The van der Waals surface area contributed by atoms with Gasteiger partial charge in [-0.25, -0.2) is 0 Å². The Kier molecular flexibility index (Phi) is 20.5. The Morgan fingerprint density at radius 2 is 0.720 bits per heavy atom. The Hall–Kier alpha value is -0.820. The Balaban J connectivity index is 4.05. The van der Waals surface area contributed by atoms with Gasteiger partial charge in [-0.05, 0) is 38.5 Å². The molecule has 0 aliphatic rings. The third kappa shape index (κ3) is 19.4. The summed E-state index contributed by atoms with van der Waals surface area (Å²) in [6.45, 7) is 10.4. The Morgan fingerprint density at radius 3 is 1.00 bits per heavy atom. The van der Waals surface area contributed by atoms with Crippen molar-refractivity contribution in [2.45, 2.75) is 97.8 Å². The van der Waals surface area contributed by atoms with Crippen LogP contribution in [0.3, 0.4) is 0 Å². The van der Waals surface area contributed by atoms with E-state index in [2.05, 4.69) is 62.1 Å². The van der Waals surface area contributed by atoms with Crippen LogP contribution in [0.25, 0.3) is 0 Å². The average molecular weight is 348 g/mol. The summed E-state index contributed by atoms with van der Waals surface area (Å²) in [7, 11) is 0. The van der Waals surface area contributed by atoms with Crippen molar-refractivity contribution in [3.05, 3.63) is 36.5 Å². The molecule has 0 atom stereocenters. The fourth-order valence-electron chi connectivity index (χ4n) is 2.78. The van der Waals surface area contributed by atoms with E-state index in [1.807, 2.05) is 0 Å². The van der Waals surface area contributed by atoms with Crippen molar-refractivity contribution in [2.75, 3.05) is 19.6 Å². The Bertz CT molecular complexity index is 275. The van der Waals surface area contributed by atoms with Gasteiger partial charge >= 0.3 is 0 Å². The van der Waals surface area contributed by atoms with Crippen LogP contribution in [0.4, 0.5) is 0 Å². The standard InChI is InChI=1S/C24H45N/c1-4-7-10-13-16-19-22-25(23-20-17-14-11-8-5-2)24-21-18-15-12-9-6-3/h13-18H,4-12,19-24H2,1-3H3/b16-13+,17-14+,18-15+. The van der Waals surface area contributed by atoms with E-state index in [4.69, 9.17) is 0 Å². The summed E-state index contributed by atoms with van der Waals surface area (Å²) in [6, 6.07) is 0. The number of nitrogens with zero attached hydrogens (tertiary/aromatic N) is 1. The van der Waals surface area contributed by atoms with Gasteiger partial charge in [-0.15, -0.1) is 0 Å². The number of hydrogen-bond donors (Lipinski definition) is 0. The highest BCUT2D eigenvalue weighted by Crippen LogP contribution is 2.03. The number of hydrogen-bond acceptors (Lipinski definition) is 1. The van der Waals surface area contributed by atoms with E-state index >= 15 is 0 Å². The molecule has 0 aromatic heterocycles. The summed E-state index contributed by atoms with van der Waals surface area (Å²) in [4.78, 5) is 2.64. The van der Waals surface area contributed by atoms with Gasteiger partial charge in [0.15, 0.2) is 0 Å². The summed E-state index contributed by atoms with van der Waals surface area (Å²) < 4.78 is 0. The molecule has 25 heavy (non-hydrogen) atoms. The van der Waals surface area contributed by atoms with Crippen LogP contribution in [0.2, 0.25) is 0 Å². The number of unbranched alkanes of at least 4 members (excludes halogenated alkanes) is 6. The van der Waals surface area contributed by atoms with Gasteiger partial charge in [0.25, 0.3) is 0 Å². The molecule has 1 nitrogen and oxygen atoms in total. The number of rotatable bonds is 18. The van der Waals surface area contributed by atoms with Crippen molar-refractivity contribution < 1.29 is 0 Å². The molecule has 0 amide bonds. The molecular formula is C24H45N. The molecule has 0 fully saturated rings. The smallest absolute Gasteiger partial charge is 0.00162 e. The first-order valence-corrected chi connectivity index (χ1v) is 11.0. The summed E-state index contributed by atoms with van der Waals surface area (Å²) >= 11 is 0. The van der Waals surface area contributed by atoms with Gasteiger partial charge in [-0.3, -0.25) is 0 Å². The van der Waals surface area contributed by atoms with Crippen LogP contribution in [-0.2, 0) is 0 Å². The maximum Gasteiger partial charge on any atom is 0.00162 e. The predicted molar refractivity (Wildman–Crippen MR) is 116 cm³/mol. The predicted octanol–water partition coefficient (Wildman–Crippen LogP) is 7.70. The highest BCUT2D eigenvalue weighted by molar-refractivity contribution is 4.87. The Labute approximate surface area is 159 Å². The van der Waals surface area contributed by atoms with Gasteiger partial charge < -0.3 is 4.90 Å². The van der Waals surface area contributed by atoms with Crippen molar-refractivity contribution >= 4 is 0 Å². The van der Waals surface area contributed by atoms with Gasteiger partial charge in [0.05, 0.1) is 0 Å². The van der Waals surface area contributed by atoms with Gasteiger partial charge in [0.1, 0.15) is 0 Å². The Morgan fingerprint density at radius 1 is 0.440 bits per heavy atom. The van der Waals surface area contributed by atoms with Crippen molar-refractivity contribution in [2.24, 2.45) is 0 Å². The van der Waals surface area contributed by atoms with Crippen LogP contribution in [0, 0.1) is 0 Å². The summed E-state index contributed by atoms with van der Waals surface area (Å²) in [5.74, 6) is 0. The van der Waals surface area contributed by atoms with E-state index in [0.29, 0.717) is 0 Å². The molecule has 0 rings (SSSR count). The highest BCUT2D eigenvalue weighted by Gasteiger charge is 2.01. The zero-order valence-electron chi connectivity index (χ0n) is 17.5. The van der Waals surface area contributed by atoms with E-state index in [1.165, 1.54) is 96.7 Å². The minimum absolute atomic E-state index is 1.20. The molecule has 146 valence electrons. The molecule has 0 heterocycles. The van der Waals surface area contributed by atoms with Gasteiger partial charge in [0, 0.05) is 19.6 Å². The van der Waals surface area contributed by atoms with Crippen molar-refractivity contribution in [3.63, 3.8) is 0 Å². The van der Waals surface area contributed by atoms with Crippen molar-refractivity contribution in [1.29, 1.82) is 0 Å². The van der Waals surface area contributed by atoms with Crippen LogP contribution in [0.15, 0.2) is 36.5 Å². The van der Waals surface area contributed by atoms with Gasteiger partial charge in [-0.2, -0.15) is 0 Å². The molecule has 0 bridgehead atoms. The molecule has 0 N–H and O–H groups in total. The van der Waals surface area contributed by atoms with Crippen LogP contribution in [-0.4, -0.2) is 24.5 Å². The lowest BCUT2D eigenvalue weighted by atomic mass is 10.2. The molecular weight excluding hydrogens is 302 g/mol. The molecule has 0 unspecified atom stereocenters. The SMILES string of the molecule is CCCC/C=C/CCN(CC/C=C/CCCC)CC/C=C/CCCC. The van der Waals surface area contributed by atoms with E-state index < -0.39 is 0 Å². The van der Waals surface area contributed by atoms with E-state index in [0.717, 1.165) is 0 Å². The topological polar surface area (TPSA) is 3.24 Å². The highest BCUT2D eigenvalue weighted by atomic mass is 15.1. The molecule has 0 aromatic rings. The molecule has 0 saturated carbocycles. The minimum atomic E-state index is 1.20. The first kappa shape index (κ1) is 24.2. The van der Waals surface area contributed by atoms with Crippen LogP contribution >= 0.6 is 0 Å². The molecule has 0 saturated heterocycles. The monoisotopic (exact) mass is 347 g/mol. The van der Waals surface area contributed by atoms with E-state index in [-0.39, 0.29) is 0 Å². The lowest BCUT2D eigenvalue weighted by Gasteiger charge is -2.20. The van der Waals surface area contributed by atoms with Gasteiger partial charge in [0.2, 0.25) is 0 Å². The lowest BCUT2D eigenvalue weighted by Crippen LogP contribution is -2.26. The second-order valence-electron chi connectivity index (χ2n) is 7.05. The molecule has 0 aliphatic carbocycles. The number of allylic oxidation sites excluding steroid dienone is 3. The fourth-order valence-corrected chi connectivity index (χ4v) is 2.78. The minimum Gasteiger partial charge on any atom is -0.302 e. The van der Waals surface area contributed by atoms with Crippen molar-refractivity contribution in [3.8, 4) is 0 Å². The molecule has 0 aromatic carbocycles. The molecule has 0 aliphatic heterocycles. The molecule has 0 spiro atoms. The van der Waals surface area contributed by atoms with Crippen LogP contribution in [0.1, 0.15) is 97.8 Å². The van der Waals surface area contributed by atoms with Gasteiger partial charge in [-0.1, -0.05) is 95.8 Å². The third-order valence-electron chi connectivity index (χ3n) is 4.51. The summed E-state index contributed by atoms with van der Waals surface area (Å²) in [5, 5.41) is 0. The summed E-state index contributed by atoms with van der Waals surface area (Å²) in [6.07, 6.45) is 29.5. The summed E-state index contributed by atoms with van der Waals surface area (Å²) in [5.41, 5.74) is 0. The first-order valence-electron chi connectivity index (χ1n) is 11.0. The van der Waals surface area contributed by atoms with Crippen LogP contribution in [0.5, 0.6) is 0 Å². The molecule has 1 heteroatoms. The van der Waals surface area contributed by atoms with Crippen molar-refractivity contribution in [1.82, 2.24) is 4.90 Å². The zero-order chi connectivity index (χ0) is 18.4. The maximum absolute atomic E-state index is 2.64. The van der Waals surface area contributed by atoms with Crippen LogP contribution < -0.4 is 0 Å². The maximum atomic E-state index is 2.64. The van der Waals surface area contributed by atoms with E-state index in [1.54, 1.807) is 0 Å². The quantitative estimate of drug-likeness (QED) is 0.181. The molecule has 0 radical (unpaired) electrons. The normalized spacial score (nSPS) is 12.5. The zero-order valence-corrected chi connectivity index (χ0v) is 17.5. The third-order valence-corrected chi connectivity index (χ3v) is 4.51.